The van der Waals surface area contributed by atoms with Gasteiger partial charge in [-0.15, -0.1) is 11.8 Å². The zero-order valence-corrected chi connectivity index (χ0v) is 11.0. The maximum absolute atomic E-state index is 13.4. The van der Waals surface area contributed by atoms with E-state index in [2.05, 4.69) is 12.2 Å². The molecule has 96 valence electrons. The van der Waals surface area contributed by atoms with Gasteiger partial charge in [0.25, 0.3) is 0 Å². The maximum Gasteiger partial charge on any atom is 0.136 e. The van der Waals surface area contributed by atoms with Crippen LogP contribution in [0.15, 0.2) is 29.2 Å². The monoisotopic (exact) mass is 257 g/mol. The number of aliphatic hydroxyl groups is 1. The van der Waals surface area contributed by atoms with Crippen LogP contribution in [-0.2, 0) is 0 Å². The van der Waals surface area contributed by atoms with Gasteiger partial charge in [-0.2, -0.15) is 0 Å². The SMILES string of the molecule is CCCNC(CCO)CSc1ccccc1F. The number of hydrogen-bond acceptors (Lipinski definition) is 3. The molecule has 4 heteroatoms. The third-order valence-corrected chi connectivity index (χ3v) is 3.65. The van der Waals surface area contributed by atoms with Crippen molar-refractivity contribution >= 4 is 11.8 Å². The Morgan fingerprint density at radius 3 is 2.82 bits per heavy atom. The topological polar surface area (TPSA) is 32.3 Å². The highest BCUT2D eigenvalue weighted by atomic mass is 32.2. The summed E-state index contributed by atoms with van der Waals surface area (Å²) in [6, 6.07) is 7.04. The molecule has 0 bridgehead atoms. The van der Waals surface area contributed by atoms with E-state index in [1.165, 1.54) is 17.8 Å². The molecule has 1 rings (SSSR count). The van der Waals surface area contributed by atoms with E-state index >= 15 is 0 Å². The molecule has 2 N–H and O–H groups in total. The van der Waals surface area contributed by atoms with Crippen molar-refractivity contribution in [3.05, 3.63) is 30.1 Å². The van der Waals surface area contributed by atoms with E-state index < -0.39 is 0 Å². The van der Waals surface area contributed by atoms with E-state index in [9.17, 15) is 4.39 Å². The summed E-state index contributed by atoms with van der Waals surface area (Å²) < 4.78 is 13.4. The normalized spacial score (nSPS) is 12.6. The minimum absolute atomic E-state index is 0.166. The van der Waals surface area contributed by atoms with Crippen LogP contribution in [0.5, 0.6) is 0 Å². The summed E-state index contributed by atoms with van der Waals surface area (Å²) in [5.74, 6) is 0.609. The first-order chi connectivity index (χ1) is 8.27. The van der Waals surface area contributed by atoms with Crippen LogP contribution in [0, 0.1) is 5.82 Å². The molecule has 0 aliphatic heterocycles. The number of hydrogen-bond donors (Lipinski definition) is 2. The maximum atomic E-state index is 13.4. The molecule has 0 amide bonds. The molecule has 1 atom stereocenters. The summed E-state index contributed by atoms with van der Waals surface area (Å²) in [6.45, 7) is 3.20. The van der Waals surface area contributed by atoms with Gasteiger partial charge in [0, 0.05) is 23.3 Å². The minimum atomic E-state index is -0.171. The van der Waals surface area contributed by atoms with Crippen molar-refractivity contribution in [1.82, 2.24) is 5.32 Å². The van der Waals surface area contributed by atoms with Gasteiger partial charge in [-0.25, -0.2) is 4.39 Å². The lowest BCUT2D eigenvalue weighted by Gasteiger charge is -2.17. The van der Waals surface area contributed by atoms with Gasteiger partial charge in [-0.1, -0.05) is 19.1 Å². The Hall–Kier alpha value is -0.580. The van der Waals surface area contributed by atoms with Crippen molar-refractivity contribution in [2.45, 2.75) is 30.7 Å². The number of benzene rings is 1. The summed E-state index contributed by atoms with van der Waals surface area (Å²) in [5.41, 5.74) is 0. The summed E-state index contributed by atoms with van der Waals surface area (Å²) >= 11 is 1.50. The fourth-order valence-corrected chi connectivity index (χ4v) is 2.55. The molecule has 0 aliphatic carbocycles. The second-order valence-electron chi connectivity index (χ2n) is 3.90. The van der Waals surface area contributed by atoms with Crippen molar-refractivity contribution in [2.75, 3.05) is 18.9 Å². The Balaban J connectivity index is 2.42. The average molecular weight is 257 g/mol. The molecule has 0 radical (unpaired) electrons. The first kappa shape index (κ1) is 14.5. The van der Waals surface area contributed by atoms with Crippen molar-refractivity contribution in [2.24, 2.45) is 0 Å². The molecular formula is C13H20FNOS. The van der Waals surface area contributed by atoms with Crippen molar-refractivity contribution < 1.29 is 9.50 Å². The van der Waals surface area contributed by atoms with E-state index in [4.69, 9.17) is 5.11 Å². The van der Waals surface area contributed by atoms with Crippen LogP contribution in [0.4, 0.5) is 4.39 Å². The summed E-state index contributed by atoms with van der Waals surface area (Å²) in [4.78, 5) is 0.675. The predicted molar refractivity (Wildman–Crippen MR) is 70.9 cm³/mol. The lowest BCUT2D eigenvalue weighted by atomic mass is 10.2. The highest BCUT2D eigenvalue weighted by Gasteiger charge is 2.09. The lowest BCUT2D eigenvalue weighted by Crippen LogP contribution is -2.32. The van der Waals surface area contributed by atoms with Gasteiger partial charge in [0.05, 0.1) is 0 Å². The molecule has 0 fully saturated rings. The molecule has 0 spiro atoms. The van der Waals surface area contributed by atoms with Gasteiger partial charge in [0.1, 0.15) is 5.82 Å². The molecular weight excluding hydrogens is 237 g/mol. The lowest BCUT2D eigenvalue weighted by molar-refractivity contribution is 0.270. The zero-order chi connectivity index (χ0) is 12.5. The average Bonchev–Trinajstić information content (AvgIpc) is 2.34. The van der Waals surface area contributed by atoms with Gasteiger partial charge in [-0.05, 0) is 31.5 Å². The highest BCUT2D eigenvalue weighted by Crippen LogP contribution is 2.22. The molecule has 0 saturated carbocycles. The van der Waals surface area contributed by atoms with Crippen molar-refractivity contribution in [3.8, 4) is 0 Å². The van der Waals surface area contributed by atoms with Crippen LogP contribution in [-0.4, -0.2) is 30.1 Å². The first-order valence-electron chi connectivity index (χ1n) is 5.99. The predicted octanol–water partition coefficient (Wildman–Crippen LogP) is 2.67. The molecule has 17 heavy (non-hydrogen) atoms. The number of aliphatic hydroxyl groups excluding tert-OH is 1. The summed E-state index contributed by atoms with van der Waals surface area (Å²) in [6.07, 6.45) is 1.77. The van der Waals surface area contributed by atoms with Crippen LogP contribution < -0.4 is 5.32 Å². The molecule has 0 aliphatic rings. The molecule has 0 saturated heterocycles. The van der Waals surface area contributed by atoms with E-state index in [0.717, 1.165) is 18.7 Å². The van der Waals surface area contributed by atoms with E-state index in [-0.39, 0.29) is 18.5 Å². The van der Waals surface area contributed by atoms with E-state index in [0.29, 0.717) is 11.3 Å². The second kappa shape index (κ2) is 8.50. The smallest absolute Gasteiger partial charge is 0.136 e. The quantitative estimate of drug-likeness (QED) is 0.702. The Morgan fingerprint density at radius 1 is 1.41 bits per heavy atom. The number of thioether (sulfide) groups is 1. The van der Waals surface area contributed by atoms with Crippen LogP contribution in [0.25, 0.3) is 0 Å². The van der Waals surface area contributed by atoms with E-state index in [1.807, 2.05) is 6.07 Å². The summed E-state index contributed by atoms with van der Waals surface area (Å²) in [5, 5.41) is 12.3. The van der Waals surface area contributed by atoms with Crippen molar-refractivity contribution in [3.63, 3.8) is 0 Å². The van der Waals surface area contributed by atoms with Crippen LogP contribution in [0.2, 0.25) is 0 Å². The number of halogens is 1. The number of rotatable bonds is 8. The van der Waals surface area contributed by atoms with E-state index in [1.54, 1.807) is 12.1 Å². The molecule has 0 aromatic heterocycles. The van der Waals surface area contributed by atoms with Crippen LogP contribution in [0.1, 0.15) is 19.8 Å². The Labute approximate surface area is 107 Å². The van der Waals surface area contributed by atoms with Gasteiger partial charge in [0.15, 0.2) is 0 Å². The Bertz CT molecular complexity index is 322. The molecule has 1 aromatic carbocycles. The Morgan fingerprint density at radius 2 is 2.18 bits per heavy atom. The van der Waals surface area contributed by atoms with Gasteiger partial charge < -0.3 is 10.4 Å². The fourth-order valence-electron chi connectivity index (χ4n) is 1.50. The molecule has 1 aromatic rings. The molecule has 1 unspecified atom stereocenters. The largest absolute Gasteiger partial charge is 0.396 e. The third-order valence-electron chi connectivity index (χ3n) is 2.44. The third kappa shape index (κ3) is 5.52. The summed E-state index contributed by atoms with van der Waals surface area (Å²) in [7, 11) is 0. The standard InChI is InChI=1S/C13H20FNOS/c1-2-8-15-11(7-9-16)10-17-13-6-4-3-5-12(13)14/h3-6,11,15-16H,2,7-10H2,1H3. The minimum Gasteiger partial charge on any atom is -0.396 e. The molecule has 2 nitrogen and oxygen atoms in total. The molecule has 0 heterocycles. The van der Waals surface area contributed by atoms with Gasteiger partial charge in [0.2, 0.25) is 0 Å². The second-order valence-corrected chi connectivity index (χ2v) is 4.97. The van der Waals surface area contributed by atoms with Crippen molar-refractivity contribution in [1.29, 1.82) is 0 Å². The van der Waals surface area contributed by atoms with Gasteiger partial charge >= 0.3 is 0 Å². The zero-order valence-electron chi connectivity index (χ0n) is 10.2. The number of nitrogens with one attached hydrogen (secondary N) is 1. The van der Waals surface area contributed by atoms with Crippen LogP contribution in [0.3, 0.4) is 0 Å². The first-order valence-corrected chi connectivity index (χ1v) is 6.98. The highest BCUT2D eigenvalue weighted by molar-refractivity contribution is 7.99. The fraction of sp³-hybridized carbons (Fsp3) is 0.538. The van der Waals surface area contributed by atoms with Crippen LogP contribution >= 0.6 is 11.8 Å². The van der Waals surface area contributed by atoms with Gasteiger partial charge in [-0.3, -0.25) is 0 Å². The Kier molecular flexibility index (Phi) is 7.24.